The molecule has 0 aliphatic carbocycles. The van der Waals surface area contributed by atoms with Crippen molar-refractivity contribution in [2.45, 2.75) is 38.1 Å². The van der Waals surface area contributed by atoms with E-state index in [1.807, 2.05) is 42.5 Å². The van der Waals surface area contributed by atoms with E-state index in [9.17, 15) is 10.2 Å². The van der Waals surface area contributed by atoms with Gasteiger partial charge in [0.2, 0.25) is 0 Å². The third-order valence-electron chi connectivity index (χ3n) is 5.15. The summed E-state index contributed by atoms with van der Waals surface area (Å²) < 4.78 is 5.82. The summed E-state index contributed by atoms with van der Waals surface area (Å²) in [6.07, 6.45) is 2.16. The maximum absolute atomic E-state index is 9.67. The minimum absolute atomic E-state index is 0.00570. The van der Waals surface area contributed by atoms with Gasteiger partial charge < -0.3 is 20.3 Å². The van der Waals surface area contributed by atoms with Crippen molar-refractivity contribution < 1.29 is 14.9 Å². The average molecular weight is 370 g/mol. The Balaban J connectivity index is 1.44. The van der Waals surface area contributed by atoms with Crippen molar-refractivity contribution in [3.8, 4) is 5.75 Å². The van der Waals surface area contributed by atoms with Gasteiger partial charge in [-0.05, 0) is 42.6 Å². The van der Waals surface area contributed by atoms with Crippen molar-refractivity contribution in [2.75, 3.05) is 26.3 Å². The van der Waals surface area contributed by atoms with Crippen LogP contribution < -0.4 is 10.1 Å². The van der Waals surface area contributed by atoms with Gasteiger partial charge in [-0.1, -0.05) is 42.5 Å². The fraction of sp³-hybridized carbons (Fsp3) is 0.455. The molecule has 1 aliphatic heterocycles. The van der Waals surface area contributed by atoms with Gasteiger partial charge in [-0.3, -0.25) is 4.90 Å². The second-order valence-corrected chi connectivity index (χ2v) is 7.15. The summed E-state index contributed by atoms with van der Waals surface area (Å²) in [5, 5.41) is 22.5. The van der Waals surface area contributed by atoms with Crippen LogP contribution in [0.1, 0.15) is 24.0 Å². The lowest BCUT2D eigenvalue weighted by Crippen LogP contribution is -2.45. The van der Waals surface area contributed by atoms with Crippen LogP contribution in [-0.4, -0.2) is 53.5 Å². The zero-order valence-corrected chi connectivity index (χ0v) is 15.8. The fourth-order valence-electron chi connectivity index (χ4n) is 3.52. The van der Waals surface area contributed by atoms with Gasteiger partial charge in [-0.2, -0.15) is 0 Å². The molecule has 1 heterocycles. The first-order chi connectivity index (χ1) is 13.3. The summed E-state index contributed by atoms with van der Waals surface area (Å²) in [5.74, 6) is 0.851. The zero-order chi connectivity index (χ0) is 18.9. The minimum atomic E-state index is 0.00570. The number of aliphatic hydroxyl groups is 2. The Labute approximate surface area is 161 Å². The molecule has 27 heavy (non-hydrogen) atoms. The quantitative estimate of drug-likeness (QED) is 0.598. The molecular weight excluding hydrogens is 340 g/mol. The average Bonchev–Trinajstić information content (AvgIpc) is 3.18. The Hall–Kier alpha value is -1.92. The van der Waals surface area contributed by atoms with Crippen molar-refractivity contribution in [3.63, 3.8) is 0 Å². The number of benzene rings is 2. The number of hydrogen-bond acceptors (Lipinski definition) is 5. The van der Waals surface area contributed by atoms with Gasteiger partial charge in [-0.15, -0.1) is 0 Å². The number of nitrogens with one attached hydrogen (secondary N) is 1. The molecule has 0 aromatic heterocycles. The fourth-order valence-corrected chi connectivity index (χ4v) is 3.52. The number of rotatable bonds is 10. The van der Waals surface area contributed by atoms with E-state index < -0.39 is 0 Å². The maximum atomic E-state index is 9.67. The highest BCUT2D eigenvalue weighted by molar-refractivity contribution is 5.27. The van der Waals surface area contributed by atoms with Crippen LogP contribution in [0.4, 0.5) is 0 Å². The first kappa shape index (κ1) is 19.8. The summed E-state index contributed by atoms with van der Waals surface area (Å²) in [6, 6.07) is 18.4. The largest absolute Gasteiger partial charge is 0.489 e. The topological polar surface area (TPSA) is 65.0 Å². The van der Waals surface area contributed by atoms with Crippen molar-refractivity contribution in [1.29, 1.82) is 0 Å². The lowest BCUT2D eigenvalue weighted by atomic mass is 10.2. The van der Waals surface area contributed by atoms with Crippen LogP contribution in [0.5, 0.6) is 5.75 Å². The zero-order valence-electron chi connectivity index (χ0n) is 15.8. The second kappa shape index (κ2) is 10.4. The Kier molecular flexibility index (Phi) is 7.66. The number of ether oxygens (including phenoxy) is 1. The van der Waals surface area contributed by atoms with Gasteiger partial charge in [0.15, 0.2) is 0 Å². The third kappa shape index (κ3) is 6.04. The molecule has 2 unspecified atom stereocenters. The van der Waals surface area contributed by atoms with Crippen LogP contribution >= 0.6 is 0 Å². The van der Waals surface area contributed by atoms with Crippen LogP contribution in [-0.2, 0) is 13.2 Å². The van der Waals surface area contributed by atoms with Crippen LogP contribution in [0.25, 0.3) is 0 Å². The van der Waals surface area contributed by atoms with Gasteiger partial charge >= 0.3 is 0 Å². The molecule has 0 spiro atoms. The van der Waals surface area contributed by atoms with Crippen LogP contribution in [0.15, 0.2) is 54.6 Å². The van der Waals surface area contributed by atoms with E-state index >= 15 is 0 Å². The van der Waals surface area contributed by atoms with Crippen molar-refractivity contribution in [3.05, 3.63) is 65.7 Å². The summed E-state index contributed by atoms with van der Waals surface area (Å²) in [5.41, 5.74) is 2.30. The molecular formula is C22H30N2O3. The molecule has 5 heteroatoms. The van der Waals surface area contributed by atoms with E-state index in [0.29, 0.717) is 13.2 Å². The lowest BCUT2D eigenvalue weighted by Gasteiger charge is -2.27. The third-order valence-corrected chi connectivity index (χ3v) is 5.15. The molecule has 2 aromatic rings. The van der Waals surface area contributed by atoms with Gasteiger partial charge in [0.25, 0.3) is 0 Å². The Morgan fingerprint density at radius 3 is 2.52 bits per heavy atom. The van der Waals surface area contributed by atoms with E-state index in [4.69, 9.17) is 4.74 Å². The highest BCUT2D eigenvalue weighted by Gasteiger charge is 2.25. The summed E-state index contributed by atoms with van der Waals surface area (Å²) in [4.78, 5) is 2.27. The van der Waals surface area contributed by atoms with E-state index in [1.54, 1.807) is 0 Å². The van der Waals surface area contributed by atoms with Crippen LogP contribution in [0, 0.1) is 0 Å². The van der Waals surface area contributed by atoms with Crippen molar-refractivity contribution in [1.82, 2.24) is 10.2 Å². The molecule has 0 saturated carbocycles. The molecule has 2 atom stereocenters. The predicted octanol–water partition coefficient (Wildman–Crippen LogP) is 2.17. The van der Waals surface area contributed by atoms with Crippen molar-refractivity contribution in [2.24, 2.45) is 0 Å². The molecule has 5 nitrogen and oxygen atoms in total. The molecule has 1 aliphatic rings. The molecule has 2 aromatic carbocycles. The molecule has 3 N–H and O–H groups in total. The molecule has 146 valence electrons. The maximum Gasteiger partial charge on any atom is 0.119 e. The van der Waals surface area contributed by atoms with E-state index in [2.05, 4.69) is 22.3 Å². The van der Waals surface area contributed by atoms with Gasteiger partial charge in [0.05, 0.1) is 13.2 Å². The van der Waals surface area contributed by atoms with Crippen molar-refractivity contribution >= 4 is 0 Å². The highest BCUT2D eigenvalue weighted by atomic mass is 16.5. The minimum Gasteiger partial charge on any atom is -0.489 e. The van der Waals surface area contributed by atoms with Crippen LogP contribution in [0.2, 0.25) is 0 Å². The van der Waals surface area contributed by atoms with E-state index in [0.717, 1.165) is 42.8 Å². The monoisotopic (exact) mass is 370 g/mol. The highest BCUT2D eigenvalue weighted by Crippen LogP contribution is 2.17. The summed E-state index contributed by atoms with van der Waals surface area (Å²) in [6.45, 7) is 3.31. The Morgan fingerprint density at radius 2 is 1.81 bits per heavy atom. The smallest absolute Gasteiger partial charge is 0.119 e. The SMILES string of the molecule is OCC(CN1CCCC1CO)NCc1ccc(OCc2ccccc2)cc1. The first-order valence-corrected chi connectivity index (χ1v) is 9.73. The first-order valence-electron chi connectivity index (χ1n) is 9.73. The van der Waals surface area contributed by atoms with Gasteiger partial charge in [-0.25, -0.2) is 0 Å². The summed E-state index contributed by atoms with van der Waals surface area (Å²) >= 11 is 0. The number of hydrogen-bond donors (Lipinski definition) is 3. The second-order valence-electron chi connectivity index (χ2n) is 7.15. The number of nitrogens with zero attached hydrogens (tertiary/aromatic N) is 1. The number of aliphatic hydroxyl groups excluding tert-OH is 2. The Bertz CT molecular complexity index is 663. The molecule has 0 bridgehead atoms. The molecule has 3 rings (SSSR count). The number of likely N-dealkylation sites (tertiary alicyclic amines) is 1. The molecule has 1 fully saturated rings. The Morgan fingerprint density at radius 1 is 1.04 bits per heavy atom. The predicted molar refractivity (Wildman–Crippen MR) is 107 cm³/mol. The van der Waals surface area contributed by atoms with Gasteiger partial charge in [0, 0.05) is 25.2 Å². The van der Waals surface area contributed by atoms with E-state index in [1.165, 1.54) is 0 Å². The lowest BCUT2D eigenvalue weighted by molar-refractivity contribution is 0.129. The standard InChI is InChI=1S/C22H30N2O3/c25-15-20(14-24-12-4-7-21(24)16-26)23-13-18-8-10-22(11-9-18)27-17-19-5-2-1-3-6-19/h1-3,5-6,8-11,20-21,23,25-26H,4,7,12-17H2. The molecule has 0 radical (unpaired) electrons. The van der Waals surface area contributed by atoms with Crippen LogP contribution in [0.3, 0.4) is 0 Å². The summed E-state index contributed by atoms with van der Waals surface area (Å²) in [7, 11) is 0. The van der Waals surface area contributed by atoms with E-state index in [-0.39, 0.29) is 25.3 Å². The normalized spacial score (nSPS) is 18.5. The molecule has 1 saturated heterocycles. The van der Waals surface area contributed by atoms with Gasteiger partial charge in [0.1, 0.15) is 12.4 Å². The molecule has 0 amide bonds.